The van der Waals surface area contributed by atoms with Gasteiger partial charge in [0.25, 0.3) is 0 Å². The maximum Gasteiger partial charge on any atom is 0.223 e. The summed E-state index contributed by atoms with van der Waals surface area (Å²) in [5.41, 5.74) is 0.879. The van der Waals surface area contributed by atoms with Crippen LogP contribution in [0.1, 0.15) is 114 Å². The Balaban J connectivity index is -0.00000171. The molecule has 178 valence electrons. The molecule has 3 heteroatoms. The van der Waals surface area contributed by atoms with Crippen LogP contribution in [0.15, 0.2) is 29.3 Å². The number of aliphatic imine (C=N–C) groups is 1. The van der Waals surface area contributed by atoms with Gasteiger partial charge in [-0.25, -0.2) is 0 Å². The lowest BCUT2D eigenvalue weighted by Gasteiger charge is -2.41. The molecule has 0 aromatic carbocycles. The third kappa shape index (κ3) is 12.3. The molecule has 0 aliphatic heterocycles. The summed E-state index contributed by atoms with van der Waals surface area (Å²) < 4.78 is 0. The minimum Gasteiger partial charge on any atom is -0.351 e. The Morgan fingerprint density at radius 2 is 1.63 bits per heavy atom. The minimum atomic E-state index is -0.233. The molecule has 0 aliphatic carbocycles. The van der Waals surface area contributed by atoms with E-state index in [-0.39, 0.29) is 22.8 Å². The summed E-state index contributed by atoms with van der Waals surface area (Å²) in [6.45, 7) is 24.9. The van der Waals surface area contributed by atoms with Crippen LogP contribution in [0.5, 0.6) is 0 Å². The first-order chi connectivity index (χ1) is 14.3. The van der Waals surface area contributed by atoms with Crippen LogP contribution in [0.4, 0.5) is 0 Å². The van der Waals surface area contributed by atoms with E-state index in [1.165, 1.54) is 5.57 Å². The van der Waals surface area contributed by atoms with E-state index in [2.05, 4.69) is 58.4 Å². The van der Waals surface area contributed by atoms with Crippen molar-refractivity contribution in [3.63, 3.8) is 0 Å². The van der Waals surface area contributed by atoms with Gasteiger partial charge in [0.2, 0.25) is 5.91 Å². The SMILES string of the molecule is C=C/C=C(\C=NC)C(C)(CC)CC(C)(CC)NC(=O)C(CC)CCCC.CC.CC. The number of rotatable bonds is 13. The Morgan fingerprint density at radius 3 is 2.00 bits per heavy atom. The molecule has 0 aliphatic rings. The van der Waals surface area contributed by atoms with Crippen molar-refractivity contribution in [3.05, 3.63) is 24.3 Å². The van der Waals surface area contributed by atoms with Gasteiger partial charge in [-0.15, -0.1) is 0 Å². The summed E-state index contributed by atoms with van der Waals surface area (Å²) in [6.07, 6.45) is 12.7. The van der Waals surface area contributed by atoms with E-state index in [1.54, 1.807) is 7.05 Å². The lowest BCUT2D eigenvalue weighted by Crippen LogP contribution is -2.50. The molecule has 30 heavy (non-hydrogen) atoms. The Bertz CT molecular complexity index is 495. The van der Waals surface area contributed by atoms with Crippen LogP contribution in [0.25, 0.3) is 0 Å². The fourth-order valence-corrected chi connectivity index (χ4v) is 3.59. The summed E-state index contributed by atoms with van der Waals surface area (Å²) in [4.78, 5) is 17.1. The van der Waals surface area contributed by atoms with Crippen LogP contribution < -0.4 is 5.32 Å². The first-order valence-electron chi connectivity index (χ1n) is 12.3. The maximum atomic E-state index is 12.9. The van der Waals surface area contributed by atoms with Crippen LogP contribution in [-0.2, 0) is 4.79 Å². The number of unbranched alkanes of at least 4 members (excludes halogenated alkanes) is 1. The summed E-state index contributed by atoms with van der Waals surface area (Å²) in [7, 11) is 1.80. The Hall–Kier alpha value is -1.38. The van der Waals surface area contributed by atoms with E-state index in [0.717, 1.165) is 44.9 Å². The van der Waals surface area contributed by atoms with Crippen LogP contribution >= 0.6 is 0 Å². The molecule has 0 fully saturated rings. The molecule has 3 atom stereocenters. The Morgan fingerprint density at radius 1 is 1.07 bits per heavy atom. The van der Waals surface area contributed by atoms with Crippen LogP contribution in [0.2, 0.25) is 0 Å². The molecule has 0 bridgehead atoms. The number of carbonyl (C=O) groups is 1. The summed E-state index contributed by atoms with van der Waals surface area (Å²) in [5, 5.41) is 3.40. The van der Waals surface area contributed by atoms with Gasteiger partial charge in [0.05, 0.1) is 0 Å². The summed E-state index contributed by atoms with van der Waals surface area (Å²) >= 11 is 0. The Kier molecular flexibility index (Phi) is 21.7. The molecule has 1 N–H and O–H groups in total. The van der Waals surface area contributed by atoms with E-state index < -0.39 is 0 Å². The standard InChI is InChI=1S/C23H42N2O.2C2H6/c1-9-14-16-19(11-3)21(26)25-23(7,13-5)18-22(6,12-4)20(15-10-2)17-24-8;2*1-2/h10,15,17,19H,2,9,11-14,16,18H2,1,3-8H3,(H,25,26);2*1-2H3/b20-15+,24-17?;;. The molecule has 1 amide bonds. The van der Waals surface area contributed by atoms with Gasteiger partial charge in [-0.2, -0.15) is 0 Å². The van der Waals surface area contributed by atoms with Gasteiger partial charge in [-0.05, 0) is 50.0 Å². The molecule has 3 nitrogen and oxygen atoms in total. The number of allylic oxidation sites excluding steroid dienone is 3. The summed E-state index contributed by atoms with van der Waals surface area (Å²) in [5.74, 6) is 0.330. The van der Waals surface area contributed by atoms with Crippen molar-refractivity contribution in [2.24, 2.45) is 16.3 Å². The zero-order chi connectivity index (χ0) is 24.2. The van der Waals surface area contributed by atoms with Crippen LogP contribution in [0, 0.1) is 11.3 Å². The minimum absolute atomic E-state index is 0.0587. The number of nitrogens with zero attached hydrogens (tertiary/aromatic N) is 1. The molecule has 3 unspecified atom stereocenters. The van der Waals surface area contributed by atoms with Gasteiger partial charge < -0.3 is 5.32 Å². The zero-order valence-electron chi connectivity index (χ0n) is 22.3. The highest BCUT2D eigenvalue weighted by Crippen LogP contribution is 2.39. The lowest BCUT2D eigenvalue weighted by molar-refractivity contribution is -0.127. The van der Waals surface area contributed by atoms with Crippen molar-refractivity contribution in [2.45, 2.75) is 120 Å². The number of carbonyl (C=O) groups excluding carboxylic acids is 1. The monoisotopic (exact) mass is 422 g/mol. The highest BCUT2D eigenvalue weighted by Gasteiger charge is 2.37. The quantitative estimate of drug-likeness (QED) is 0.236. The maximum absolute atomic E-state index is 12.9. The van der Waals surface area contributed by atoms with E-state index >= 15 is 0 Å². The number of nitrogens with one attached hydrogen (secondary N) is 1. The van der Waals surface area contributed by atoms with Gasteiger partial charge in [0.15, 0.2) is 0 Å². The van der Waals surface area contributed by atoms with Crippen LogP contribution in [-0.4, -0.2) is 24.7 Å². The topological polar surface area (TPSA) is 41.5 Å². The number of amides is 1. The average Bonchev–Trinajstić information content (AvgIpc) is 2.76. The average molecular weight is 423 g/mol. The molecule has 0 aromatic rings. The van der Waals surface area contributed by atoms with Crippen LogP contribution in [0.3, 0.4) is 0 Å². The van der Waals surface area contributed by atoms with Crippen molar-refractivity contribution in [2.75, 3.05) is 7.05 Å². The molecule has 0 rings (SSSR count). The van der Waals surface area contributed by atoms with E-state index in [1.807, 2.05) is 46.1 Å². The van der Waals surface area contributed by atoms with Gasteiger partial charge in [0, 0.05) is 24.7 Å². The molecule has 0 spiro atoms. The van der Waals surface area contributed by atoms with Crippen molar-refractivity contribution in [3.8, 4) is 0 Å². The molecular formula is C27H54N2O. The van der Waals surface area contributed by atoms with Crippen molar-refractivity contribution in [1.82, 2.24) is 5.32 Å². The van der Waals surface area contributed by atoms with E-state index in [9.17, 15) is 4.79 Å². The second-order valence-electron chi connectivity index (χ2n) is 7.99. The zero-order valence-corrected chi connectivity index (χ0v) is 22.3. The highest BCUT2D eigenvalue weighted by molar-refractivity contribution is 5.81. The van der Waals surface area contributed by atoms with Crippen molar-refractivity contribution < 1.29 is 4.79 Å². The van der Waals surface area contributed by atoms with Crippen molar-refractivity contribution >= 4 is 12.1 Å². The largest absolute Gasteiger partial charge is 0.351 e. The Labute approximate surface area is 189 Å². The van der Waals surface area contributed by atoms with E-state index in [4.69, 9.17) is 0 Å². The normalized spacial score (nSPS) is 16.2. The molecule has 0 heterocycles. The first-order valence-corrected chi connectivity index (χ1v) is 12.3. The second-order valence-corrected chi connectivity index (χ2v) is 7.99. The smallest absolute Gasteiger partial charge is 0.223 e. The molecule has 0 saturated heterocycles. The van der Waals surface area contributed by atoms with Gasteiger partial charge in [-0.3, -0.25) is 9.79 Å². The fraction of sp³-hybridized carbons (Fsp3) is 0.778. The molecule has 0 saturated carbocycles. The van der Waals surface area contributed by atoms with Crippen molar-refractivity contribution in [1.29, 1.82) is 0 Å². The third-order valence-corrected chi connectivity index (χ3v) is 5.80. The molecule has 0 radical (unpaired) electrons. The van der Waals surface area contributed by atoms with Gasteiger partial charge >= 0.3 is 0 Å². The lowest BCUT2D eigenvalue weighted by atomic mass is 9.70. The molecular weight excluding hydrogens is 368 g/mol. The number of hydrogen-bond donors (Lipinski definition) is 1. The number of hydrogen-bond acceptors (Lipinski definition) is 2. The summed E-state index contributed by atoms with van der Waals surface area (Å²) in [6, 6.07) is 0. The van der Waals surface area contributed by atoms with Gasteiger partial charge in [-0.1, -0.05) is 93.9 Å². The third-order valence-electron chi connectivity index (χ3n) is 5.80. The predicted octanol–water partition coefficient (Wildman–Crippen LogP) is 8.16. The van der Waals surface area contributed by atoms with Gasteiger partial charge in [0.1, 0.15) is 0 Å². The van der Waals surface area contributed by atoms with E-state index in [0.29, 0.717) is 0 Å². The highest BCUT2D eigenvalue weighted by atomic mass is 16.2. The first kappa shape index (κ1) is 33.3. The predicted molar refractivity (Wildman–Crippen MR) is 139 cm³/mol. The second kappa shape index (κ2) is 19.6. The fourth-order valence-electron chi connectivity index (χ4n) is 3.59. The molecule has 0 aromatic heterocycles.